The van der Waals surface area contributed by atoms with E-state index < -0.39 is 0 Å². The highest BCUT2D eigenvalue weighted by atomic mass is 127. The van der Waals surface area contributed by atoms with E-state index in [0.29, 0.717) is 19.2 Å². The SMILES string of the molecule is CCNC(=NCc1cccc(OCCN(C)C2CCOCC2)c1)N1CCC(C)CC1.I. The third-order valence-electron chi connectivity index (χ3n) is 6.25. The normalized spacial score (nSPS) is 18.7. The standard InChI is InChI=1S/C24H40N4O2.HI/c1-4-25-24(28-12-8-20(2)9-13-28)26-19-21-6-5-7-23(18-21)30-17-14-27(3)22-10-15-29-16-11-22;/h5-7,18,20,22H,4,8-17,19H2,1-3H3,(H,25,26);1H. The van der Waals surface area contributed by atoms with Crippen LogP contribution in [-0.4, -0.2) is 74.8 Å². The summed E-state index contributed by atoms with van der Waals surface area (Å²) < 4.78 is 11.5. The maximum absolute atomic E-state index is 6.04. The van der Waals surface area contributed by atoms with Crippen molar-refractivity contribution in [2.75, 3.05) is 53.0 Å². The number of rotatable bonds is 8. The van der Waals surface area contributed by atoms with Crippen molar-refractivity contribution >= 4 is 29.9 Å². The van der Waals surface area contributed by atoms with Crippen molar-refractivity contribution in [1.29, 1.82) is 0 Å². The summed E-state index contributed by atoms with van der Waals surface area (Å²) in [7, 11) is 2.19. The van der Waals surface area contributed by atoms with E-state index in [1.165, 1.54) is 18.4 Å². The van der Waals surface area contributed by atoms with E-state index in [2.05, 4.69) is 54.2 Å². The van der Waals surface area contributed by atoms with Gasteiger partial charge in [0.2, 0.25) is 0 Å². The predicted molar refractivity (Wildman–Crippen MR) is 139 cm³/mol. The van der Waals surface area contributed by atoms with Gasteiger partial charge in [0.15, 0.2) is 5.96 Å². The summed E-state index contributed by atoms with van der Waals surface area (Å²) in [6.07, 6.45) is 4.73. The zero-order chi connectivity index (χ0) is 21.2. The molecule has 1 aromatic rings. The first-order valence-electron chi connectivity index (χ1n) is 11.7. The first-order valence-corrected chi connectivity index (χ1v) is 11.7. The summed E-state index contributed by atoms with van der Waals surface area (Å²) in [6, 6.07) is 8.98. The molecule has 0 radical (unpaired) electrons. The van der Waals surface area contributed by atoms with Crippen LogP contribution in [0.1, 0.15) is 45.1 Å². The van der Waals surface area contributed by atoms with Crippen LogP contribution in [0.25, 0.3) is 0 Å². The van der Waals surface area contributed by atoms with Gasteiger partial charge in [-0.1, -0.05) is 19.1 Å². The van der Waals surface area contributed by atoms with Gasteiger partial charge in [-0.2, -0.15) is 0 Å². The molecule has 0 unspecified atom stereocenters. The molecule has 0 amide bonds. The first-order chi connectivity index (χ1) is 14.7. The zero-order valence-corrected chi connectivity index (χ0v) is 21.8. The minimum atomic E-state index is 0. The summed E-state index contributed by atoms with van der Waals surface area (Å²) in [5, 5.41) is 3.46. The number of likely N-dealkylation sites (N-methyl/N-ethyl adjacent to an activating group) is 1. The molecule has 2 heterocycles. The second-order valence-electron chi connectivity index (χ2n) is 8.66. The second-order valence-corrected chi connectivity index (χ2v) is 8.66. The van der Waals surface area contributed by atoms with Crippen LogP contribution in [0.4, 0.5) is 0 Å². The number of aliphatic imine (C=N–C) groups is 1. The van der Waals surface area contributed by atoms with Crippen LogP contribution < -0.4 is 10.1 Å². The molecule has 0 aromatic heterocycles. The number of halogens is 1. The largest absolute Gasteiger partial charge is 0.492 e. The van der Waals surface area contributed by atoms with Crippen molar-refractivity contribution in [2.24, 2.45) is 10.9 Å². The Kier molecular flexibility index (Phi) is 12.0. The lowest BCUT2D eigenvalue weighted by atomic mass is 10.00. The number of guanidine groups is 1. The van der Waals surface area contributed by atoms with Crippen molar-refractivity contribution in [3.8, 4) is 5.75 Å². The Morgan fingerprint density at radius 2 is 1.97 bits per heavy atom. The first kappa shape index (κ1) is 26.2. The fraction of sp³-hybridized carbons (Fsp3) is 0.708. The molecule has 2 fully saturated rings. The molecule has 2 aliphatic heterocycles. The molecule has 31 heavy (non-hydrogen) atoms. The van der Waals surface area contributed by atoms with Crippen molar-refractivity contribution in [3.05, 3.63) is 29.8 Å². The van der Waals surface area contributed by atoms with E-state index in [4.69, 9.17) is 14.5 Å². The van der Waals surface area contributed by atoms with E-state index >= 15 is 0 Å². The minimum absolute atomic E-state index is 0. The van der Waals surface area contributed by atoms with Gasteiger partial charge in [0.05, 0.1) is 6.54 Å². The Bertz CT molecular complexity index is 659. The summed E-state index contributed by atoms with van der Waals surface area (Å²) in [6.45, 7) is 11.6. The van der Waals surface area contributed by atoms with E-state index in [9.17, 15) is 0 Å². The van der Waals surface area contributed by atoms with Crippen LogP contribution in [-0.2, 0) is 11.3 Å². The molecule has 1 aromatic carbocycles. The molecule has 1 N–H and O–H groups in total. The van der Waals surface area contributed by atoms with Crippen LogP contribution in [0.5, 0.6) is 5.75 Å². The van der Waals surface area contributed by atoms with Crippen LogP contribution >= 0.6 is 24.0 Å². The van der Waals surface area contributed by atoms with Crippen LogP contribution in [0.15, 0.2) is 29.3 Å². The van der Waals surface area contributed by atoms with Gasteiger partial charge in [-0.05, 0) is 63.3 Å². The lowest BCUT2D eigenvalue weighted by molar-refractivity contribution is 0.0392. The number of nitrogens with one attached hydrogen (secondary N) is 1. The van der Waals surface area contributed by atoms with Gasteiger partial charge in [-0.3, -0.25) is 4.90 Å². The van der Waals surface area contributed by atoms with Crippen molar-refractivity contribution in [1.82, 2.24) is 15.1 Å². The number of hydrogen-bond donors (Lipinski definition) is 1. The molecule has 0 atom stereocenters. The molecule has 176 valence electrons. The number of likely N-dealkylation sites (tertiary alicyclic amines) is 1. The Hall–Kier alpha value is -1.06. The van der Waals surface area contributed by atoms with Gasteiger partial charge in [-0.15, -0.1) is 24.0 Å². The number of piperidine rings is 1. The molecular formula is C24H41IN4O2. The molecule has 0 aliphatic carbocycles. The topological polar surface area (TPSA) is 49.3 Å². The van der Waals surface area contributed by atoms with Gasteiger partial charge >= 0.3 is 0 Å². The third-order valence-corrected chi connectivity index (χ3v) is 6.25. The van der Waals surface area contributed by atoms with Crippen LogP contribution in [0.3, 0.4) is 0 Å². The molecule has 3 rings (SSSR count). The smallest absolute Gasteiger partial charge is 0.194 e. The van der Waals surface area contributed by atoms with E-state index in [1.54, 1.807) is 0 Å². The molecule has 0 bridgehead atoms. The Morgan fingerprint density at radius 3 is 2.68 bits per heavy atom. The maximum atomic E-state index is 6.04. The van der Waals surface area contributed by atoms with Crippen molar-refractivity contribution in [2.45, 2.75) is 52.1 Å². The quantitative estimate of drug-likeness (QED) is 0.305. The monoisotopic (exact) mass is 544 g/mol. The highest BCUT2D eigenvalue weighted by molar-refractivity contribution is 14.0. The van der Waals surface area contributed by atoms with E-state index in [-0.39, 0.29) is 24.0 Å². The Balaban J connectivity index is 0.00000341. The summed E-state index contributed by atoms with van der Waals surface area (Å²) in [4.78, 5) is 9.70. The lowest BCUT2D eigenvalue weighted by Crippen LogP contribution is -2.45. The predicted octanol–water partition coefficient (Wildman–Crippen LogP) is 3.99. The van der Waals surface area contributed by atoms with Gasteiger partial charge in [0.1, 0.15) is 12.4 Å². The summed E-state index contributed by atoms with van der Waals surface area (Å²) in [5.74, 6) is 2.79. The summed E-state index contributed by atoms with van der Waals surface area (Å²) in [5.41, 5.74) is 1.19. The van der Waals surface area contributed by atoms with Crippen molar-refractivity contribution in [3.63, 3.8) is 0 Å². The lowest BCUT2D eigenvalue weighted by Gasteiger charge is -2.33. The summed E-state index contributed by atoms with van der Waals surface area (Å²) >= 11 is 0. The minimum Gasteiger partial charge on any atom is -0.492 e. The van der Waals surface area contributed by atoms with Crippen LogP contribution in [0.2, 0.25) is 0 Å². The molecule has 7 heteroatoms. The second kappa shape index (κ2) is 14.2. The number of ether oxygens (including phenoxy) is 2. The number of nitrogens with zero attached hydrogens (tertiary/aromatic N) is 3. The van der Waals surface area contributed by atoms with E-state index in [1.807, 2.05) is 6.07 Å². The average molecular weight is 545 g/mol. The Morgan fingerprint density at radius 1 is 1.23 bits per heavy atom. The molecular weight excluding hydrogens is 503 g/mol. The van der Waals surface area contributed by atoms with E-state index in [0.717, 1.165) is 69.9 Å². The van der Waals surface area contributed by atoms with Gasteiger partial charge < -0.3 is 19.7 Å². The van der Waals surface area contributed by atoms with Gasteiger partial charge in [0, 0.05) is 45.4 Å². The third kappa shape index (κ3) is 8.77. The molecule has 0 spiro atoms. The number of benzene rings is 1. The van der Waals surface area contributed by atoms with Gasteiger partial charge in [0.25, 0.3) is 0 Å². The fourth-order valence-electron chi connectivity index (χ4n) is 4.16. The fourth-order valence-corrected chi connectivity index (χ4v) is 4.16. The van der Waals surface area contributed by atoms with Crippen molar-refractivity contribution < 1.29 is 9.47 Å². The highest BCUT2D eigenvalue weighted by Crippen LogP contribution is 2.18. The molecule has 2 saturated heterocycles. The average Bonchev–Trinajstić information content (AvgIpc) is 2.78. The molecule has 0 saturated carbocycles. The highest BCUT2D eigenvalue weighted by Gasteiger charge is 2.19. The van der Waals surface area contributed by atoms with Gasteiger partial charge in [-0.25, -0.2) is 4.99 Å². The molecule has 2 aliphatic rings. The van der Waals surface area contributed by atoms with Crippen LogP contribution in [0, 0.1) is 5.92 Å². The Labute approximate surface area is 205 Å². The number of hydrogen-bond acceptors (Lipinski definition) is 4. The zero-order valence-electron chi connectivity index (χ0n) is 19.5. The molecule has 6 nitrogen and oxygen atoms in total. The maximum Gasteiger partial charge on any atom is 0.194 e.